The predicted molar refractivity (Wildman–Crippen MR) is 85.9 cm³/mol. The molecule has 2 heterocycles. The Bertz CT molecular complexity index is 665. The van der Waals surface area contributed by atoms with E-state index in [4.69, 9.17) is 4.42 Å². The Balaban J connectivity index is 1.64. The summed E-state index contributed by atoms with van der Waals surface area (Å²) in [5.74, 6) is 0.689. The number of rotatable bonds is 3. The fourth-order valence-corrected chi connectivity index (χ4v) is 2.88. The molecule has 1 amide bonds. The van der Waals surface area contributed by atoms with Crippen molar-refractivity contribution in [1.82, 2.24) is 15.1 Å². The van der Waals surface area contributed by atoms with Gasteiger partial charge in [-0.05, 0) is 28.1 Å². The Hall–Kier alpha value is -1.89. The van der Waals surface area contributed by atoms with Crippen LogP contribution in [-0.4, -0.2) is 47.2 Å². The first-order chi connectivity index (χ1) is 10.7. The van der Waals surface area contributed by atoms with Crippen molar-refractivity contribution in [1.29, 1.82) is 0 Å². The monoisotopic (exact) mass is 364 g/mol. The standard InChI is InChI=1S/C15H17BrN4O2/c1-2-13-17-18-15(22-13)20-9-7-19(8-10-20)14(21)11-5-3-4-6-12(11)16/h3-6H,2,7-10H2,1H3. The van der Waals surface area contributed by atoms with E-state index in [0.717, 1.165) is 10.9 Å². The molecule has 0 unspecified atom stereocenters. The molecule has 0 bridgehead atoms. The summed E-state index contributed by atoms with van der Waals surface area (Å²) in [6.45, 7) is 4.66. The molecule has 22 heavy (non-hydrogen) atoms. The molecule has 1 aromatic carbocycles. The van der Waals surface area contributed by atoms with Crippen LogP contribution >= 0.6 is 15.9 Å². The third-order valence-corrected chi connectivity index (χ3v) is 4.39. The molecular weight excluding hydrogens is 348 g/mol. The maximum atomic E-state index is 12.5. The lowest BCUT2D eigenvalue weighted by Gasteiger charge is -2.33. The number of nitrogens with zero attached hydrogens (tertiary/aromatic N) is 4. The molecule has 0 spiro atoms. The van der Waals surface area contributed by atoms with Crippen molar-refractivity contribution >= 4 is 27.9 Å². The van der Waals surface area contributed by atoms with Gasteiger partial charge in [0.25, 0.3) is 5.91 Å². The topological polar surface area (TPSA) is 62.5 Å². The smallest absolute Gasteiger partial charge is 0.318 e. The van der Waals surface area contributed by atoms with Gasteiger partial charge in [-0.2, -0.15) is 0 Å². The lowest BCUT2D eigenvalue weighted by molar-refractivity contribution is 0.0744. The van der Waals surface area contributed by atoms with Crippen LogP contribution < -0.4 is 4.90 Å². The van der Waals surface area contributed by atoms with E-state index in [-0.39, 0.29) is 5.91 Å². The Kier molecular flexibility index (Phi) is 4.42. The van der Waals surface area contributed by atoms with E-state index in [9.17, 15) is 4.79 Å². The van der Waals surface area contributed by atoms with E-state index in [2.05, 4.69) is 26.1 Å². The number of anilines is 1. The first-order valence-corrected chi connectivity index (χ1v) is 8.09. The average molecular weight is 365 g/mol. The second-order valence-electron chi connectivity index (χ2n) is 5.09. The predicted octanol–water partition coefficient (Wildman–Crippen LogP) is 2.36. The Labute approximate surface area is 137 Å². The SMILES string of the molecule is CCc1nnc(N2CCN(C(=O)c3ccccc3Br)CC2)o1. The summed E-state index contributed by atoms with van der Waals surface area (Å²) in [5, 5.41) is 8.03. The number of amides is 1. The zero-order chi connectivity index (χ0) is 15.5. The van der Waals surface area contributed by atoms with E-state index in [1.165, 1.54) is 0 Å². The van der Waals surface area contributed by atoms with Crippen molar-refractivity contribution in [2.75, 3.05) is 31.1 Å². The van der Waals surface area contributed by atoms with Crippen LogP contribution in [0.5, 0.6) is 0 Å². The molecule has 0 radical (unpaired) electrons. The molecule has 0 aliphatic carbocycles. The summed E-state index contributed by atoms with van der Waals surface area (Å²) in [4.78, 5) is 16.4. The highest BCUT2D eigenvalue weighted by Crippen LogP contribution is 2.20. The van der Waals surface area contributed by atoms with Gasteiger partial charge in [0.1, 0.15) is 0 Å². The summed E-state index contributed by atoms with van der Waals surface area (Å²) >= 11 is 3.43. The van der Waals surface area contributed by atoms with Crippen LogP contribution in [0.2, 0.25) is 0 Å². The molecule has 1 saturated heterocycles. The van der Waals surface area contributed by atoms with Crippen LogP contribution in [-0.2, 0) is 6.42 Å². The van der Waals surface area contributed by atoms with E-state index in [0.29, 0.717) is 43.6 Å². The van der Waals surface area contributed by atoms with Gasteiger partial charge in [-0.25, -0.2) is 0 Å². The quantitative estimate of drug-likeness (QED) is 0.836. The summed E-state index contributed by atoms with van der Waals surface area (Å²) in [7, 11) is 0. The fourth-order valence-electron chi connectivity index (χ4n) is 2.42. The van der Waals surface area contributed by atoms with Crippen molar-refractivity contribution in [3.63, 3.8) is 0 Å². The molecular formula is C15H17BrN4O2. The molecule has 3 rings (SSSR count). The number of piperazine rings is 1. The molecule has 116 valence electrons. The van der Waals surface area contributed by atoms with Crippen molar-refractivity contribution in [3.05, 3.63) is 40.2 Å². The van der Waals surface area contributed by atoms with Gasteiger partial charge in [0.2, 0.25) is 5.89 Å². The van der Waals surface area contributed by atoms with Gasteiger partial charge in [-0.3, -0.25) is 4.79 Å². The van der Waals surface area contributed by atoms with Gasteiger partial charge >= 0.3 is 6.01 Å². The minimum absolute atomic E-state index is 0.0481. The molecule has 0 atom stereocenters. The number of aryl methyl sites for hydroxylation is 1. The van der Waals surface area contributed by atoms with Crippen LogP contribution in [0.1, 0.15) is 23.2 Å². The summed E-state index contributed by atoms with van der Waals surface area (Å²) < 4.78 is 6.39. The van der Waals surface area contributed by atoms with Crippen LogP contribution in [0.25, 0.3) is 0 Å². The zero-order valence-electron chi connectivity index (χ0n) is 12.3. The highest BCUT2D eigenvalue weighted by molar-refractivity contribution is 9.10. The fraction of sp³-hybridized carbons (Fsp3) is 0.400. The first kappa shape index (κ1) is 15.0. The van der Waals surface area contributed by atoms with Crippen LogP contribution in [0.15, 0.2) is 33.2 Å². The Morgan fingerprint density at radius 1 is 1.23 bits per heavy atom. The van der Waals surface area contributed by atoms with Gasteiger partial charge in [-0.1, -0.05) is 24.2 Å². The average Bonchev–Trinajstić information content (AvgIpc) is 3.04. The number of hydrogen-bond acceptors (Lipinski definition) is 5. The van der Waals surface area contributed by atoms with E-state index >= 15 is 0 Å². The van der Waals surface area contributed by atoms with E-state index < -0.39 is 0 Å². The van der Waals surface area contributed by atoms with Crippen molar-refractivity contribution in [2.24, 2.45) is 0 Å². The van der Waals surface area contributed by atoms with Crippen molar-refractivity contribution in [3.8, 4) is 0 Å². The normalized spacial score (nSPS) is 15.2. The molecule has 1 aliphatic rings. The molecule has 2 aromatic rings. The Morgan fingerprint density at radius 2 is 1.95 bits per heavy atom. The highest BCUT2D eigenvalue weighted by atomic mass is 79.9. The zero-order valence-corrected chi connectivity index (χ0v) is 13.9. The molecule has 1 aromatic heterocycles. The number of halogens is 1. The lowest BCUT2D eigenvalue weighted by Crippen LogP contribution is -2.49. The third-order valence-electron chi connectivity index (χ3n) is 3.70. The summed E-state index contributed by atoms with van der Waals surface area (Å²) in [6.07, 6.45) is 0.730. The van der Waals surface area contributed by atoms with Gasteiger partial charge in [0, 0.05) is 37.1 Å². The van der Waals surface area contributed by atoms with Crippen LogP contribution in [0.4, 0.5) is 6.01 Å². The van der Waals surface area contributed by atoms with Gasteiger partial charge in [-0.15, -0.1) is 5.10 Å². The summed E-state index contributed by atoms with van der Waals surface area (Å²) in [6, 6.07) is 8.04. The molecule has 7 heteroatoms. The van der Waals surface area contributed by atoms with E-state index in [1.807, 2.05) is 41.0 Å². The Morgan fingerprint density at radius 3 is 2.59 bits per heavy atom. The summed E-state index contributed by atoms with van der Waals surface area (Å²) in [5.41, 5.74) is 0.696. The lowest BCUT2D eigenvalue weighted by atomic mass is 10.2. The van der Waals surface area contributed by atoms with Gasteiger partial charge < -0.3 is 14.2 Å². The maximum Gasteiger partial charge on any atom is 0.318 e. The second-order valence-corrected chi connectivity index (χ2v) is 5.95. The first-order valence-electron chi connectivity index (χ1n) is 7.30. The molecule has 0 N–H and O–H groups in total. The third kappa shape index (κ3) is 2.99. The highest BCUT2D eigenvalue weighted by Gasteiger charge is 2.25. The minimum atomic E-state index is 0.0481. The number of aromatic nitrogens is 2. The second kappa shape index (κ2) is 6.48. The van der Waals surface area contributed by atoms with Gasteiger partial charge in [0.05, 0.1) is 5.56 Å². The number of hydrogen-bond donors (Lipinski definition) is 0. The number of benzene rings is 1. The van der Waals surface area contributed by atoms with Gasteiger partial charge in [0.15, 0.2) is 0 Å². The molecule has 1 fully saturated rings. The largest absolute Gasteiger partial charge is 0.408 e. The minimum Gasteiger partial charge on any atom is -0.408 e. The van der Waals surface area contributed by atoms with Crippen molar-refractivity contribution in [2.45, 2.75) is 13.3 Å². The molecule has 6 nitrogen and oxygen atoms in total. The molecule has 0 saturated carbocycles. The van der Waals surface area contributed by atoms with Crippen LogP contribution in [0, 0.1) is 0 Å². The van der Waals surface area contributed by atoms with E-state index in [1.54, 1.807) is 0 Å². The van der Waals surface area contributed by atoms with Crippen molar-refractivity contribution < 1.29 is 9.21 Å². The maximum absolute atomic E-state index is 12.5. The molecule has 1 aliphatic heterocycles. The number of carbonyl (C=O) groups is 1. The van der Waals surface area contributed by atoms with Crippen LogP contribution in [0.3, 0.4) is 0 Å². The number of carbonyl (C=O) groups excluding carboxylic acids is 1.